The van der Waals surface area contributed by atoms with E-state index in [1.165, 1.54) is 0 Å². The number of nitrogens with zero attached hydrogens (tertiary/aromatic N) is 2. The van der Waals surface area contributed by atoms with Gasteiger partial charge in [0.2, 0.25) is 5.91 Å². The summed E-state index contributed by atoms with van der Waals surface area (Å²) in [6.45, 7) is 7.70. The summed E-state index contributed by atoms with van der Waals surface area (Å²) in [6.07, 6.45) is 1.63. The standard InChI is InChI=1S/C40H49N5O6/c1-27(2)34-19-11-18-32(42-34)26-51-40(49)45-37(28(3)4)38(47)44-35(22-30-15-9-6-10-16-30)36(46)23-33(21-29-13-7-5-8-14-29)43-39(48)50-25-31-17-12-20-41-24-31/h5-20,24,27-28,33,35-37,46H,21-23,25-26H2,1-4H3,(H,43,48)(H,44,47)(H,45,49)/t33-,35-,36-,37-/m0/s1. The van der Waals surface area contributed by atoms with E-state index in [1.807, 2.05) is 107 Å². The van der Waals surface area contributed by atoms with Gasteiger partial charge in [-0.25, -0.2) is 9.59 Å². The fourth-order valence-corrected chi connectivity index (χ4v) is 5.56. The number of alkyl carbamates (subject to hydrolysis) is 2. The van der Waals surface area contributed by atoms with Crippen molar-refractivity contribution in [2.75, 3.05) is 0 Å². The number of ether oxygens (including phenoxy) is 2. The van der Waals surface area contributed by atoms with Gasteiger partial charge in [0.1, 0.15) is 19.3 Å². The molecular formula is C40H49N5O6. The fraction of sp³-hybridized carbons (Fsp3) is 0.375. The molecule has 2 aromatic heterocycles. The van der Waals surface area contributed by atoms with Gasteiger partial charge in [-0.3, -0.25) is 14.8 Å². The van der Waals surface area contributed by atoms with E-state index in [4.69, 9.17) is 9.47 Å². The van der Waals surface area contributed by atoms with Crippen molar-refractivity contribution in [2.24, 2.45) is 5.92 Å². The Balaban J connectivity index is 1.45. The molecule has 0 spiro atoms. The average molecular weight is 696 g/mol. The Kier molecular flexibility index (Phi) is 14.9. The molecule has 0 aliphatic carbocycles. The van der Waals surface area contributed by atoms with E-state index in [1.54, 1.807) is 24.5 Å². The number of pyridine rings is 2. The fourth-order valence-electron chi connectivity index (χ4n) is 5.56. The predicted molar refractivity (Wildman–Crippen MR) is 194 cm³/mol. The Bertz CT molecular complexity index is 1660. The molecule has 4 atom stereocenters. The third-order valence-electron chi connectivity index (χ3n) is 8.35. The summed E-state index contributed by atoms with van der Waals surface area (Å²) in [5, 5.41) is 20.3. The van der Waals surface area contributed by atoms with Crippen molar-refractivity contribution in [1.29, 1.82) is 0 Å². The summed E-state index contributed by atoms with van der Waals surface area (Å²) >= 11 is 0. The summed E-state index contributed by atoms with van der Waals surface area (Å²) in [4.78, 5) is 48.2. The number of hydrogen-bond donors (Lipinski definition) is 4. The van der Waals surface area contributed by atoms with Crippen LogP contribution in [0.25, 0.3) is 0 Å². The van der Waals surface area contributed by atoms with Gasteiger partial charge in [-0.05, 0) is 60.4 Å². The molecule has 0 saturated heterocycles. The quantitative estimate of drug-likeness (QED) is 0.107. The molecule has 4 aromatic rings. The van der Waals surface area contributed by atoms with E-state index in [9.17, 15) is 19.5 Å². The minimum atomic E-state index is -1.08. The second kappa shape index (κ2) is 19.8. The maximum Gasteiger partial charge on any atom is 0.408 e. The third-order valence-corrected chi connectivity index (χ3v) is 8.35. The average Bonchev–Trinajstić information content (AvgIpc) is 3.13. The van der Waals surface area contributed by atoms with Gasteiger partial charge in [0.05, 0.1) is 17.8 Å². The first kappa shape index (κ1) is 38.5. The van der Waals surface area contributed by atoms with Crippen molar-refractivity contribution in [1.82, 2.24) is 25.9 Å². The van der Waals surface area contributed by atoms with Crippen molar-refractivity contribution in [3.05, 3.63) is 131 Å². The largest absolute Gasteiger partial charge is 0.445 e. The van der Waals surface area contributed by atoms with Crippen LogP contribution in [-0.2, 0) is 40.3 Å². The zero-order valence-corrected chi connectivity index (χ0v) is 29.7. The zero-order chi connectivity index (χ0) is 36.6. The second-order valence-electron chi connectivity index (χ2n) is 13.2. The van der Waals surface area contributed by atoms with Crippen molar-refractivity contribution in [3.63, 3.8) is 0 Å². The molecule has 11 nitrogen and oxygen atoms in total. The van der Waals surface area contributed by atoms with Crippen LogP contribution in [0.5, 0.6) is 0 Å². The van der Waals surface area contributed by atoms with Crippen LogP contribution in [0, 0.1) is 5.92 Å². The lowest BCUT2D eigenvalue weighted by atomic mass is 9.93. The van der Waals surface area contributed by atoms with Gasteiger partial charge in [-0.2, -0.15) is 0 Å². The van der Waals surface area contributed by atoms with Crippen molar-refractivity contribution < 1.29 is 29.0 Å². The molecule has 3 amide bonds. The highest BCUT2D eigenvalue weighted by Gasteiger charge is 2.31. The lowest BCUT2D eigenvalue weighted by molar-refractivity contribution is -0.125. The number of carbonyl (C=O) groups excluding carboxylic acids is 3. The van der Waals surface area contributed by atoms with E-state index >= 15 is 0 Å². The highest BCUT2D eigenvalue weighted by Crippen LogP contribution is 2.16. The Labute approximate surface area is 300 Å². The summed E-state index contributed by atoms with van der Waals surface area (Å²) < 4.78 is 10.9. The summed E-state index contributed by atoms with van der Waals surface area (Å²) in [6, 6.07) is 26.0. The molecule has 51 heavy (non-hydrogen) atoms. The summed E-state index contributed by atoms with van der Waals surface area (Å²) in [7, 11) is 0. The van der Waals surface area contributed by atoms with E-state index in [2.05, 4.69) is 25.9 Å². The SMILES string of the molecule is CC(C)c1cccc(COC(=O)N[C@H](C(=O)N[C@@H](Cc2ccccc2)[C@@H](O)C[C@H](Cc2ccccc2)NC(=O)OCc2cccnc2)C(C)C)n1. The van der Waals surface area contributed by atoms with E-state index in [0.29, 0.717) is 18.5 Å². The van der Waals surface area contributed by atoms with Crippen LogP contribution < -0.4 is 16.0 Å². The maximum absolute atomic E-state index is 13.8. The number of carbonyl (C=O) groups is 3. The zero-order valence-electron chi connectivity index (χ0n) is 29.7. The lowest BCUT2D eigenvalue weighted by Gasteiger charge is -2.30. The van der Waals surface area contributed by atoms with Crippen molar-refractivity contribution in [3.8, 4) is 0 Å². The molecule has 0 aliphatic rings. The topological polar surface area (TPSA) is 152 Å². The second-order valence-corrected chi connectivity index (χ2v) is 13.2. The Hall–Kier alpha value is -5.29. The molecule has 4 rings (SSSR count). The normalized spacial score (nSPS) is 13.5. The number of nitrogens with one attached hydrogen (secondary N) is 3. The third kappa shape index (κ3) is 13.2. The molecule has 0 saturated carbocycles. The first-order chi connectivity index (χ1) is 24.6. The number of aliphatic hydroxyl groups excluding tert-OH is 1. The molecule has 270 valence electrons. The van der Waals surface area contributed by atoms with E-state index in [0.717, 1.165) is 22.4 Å². The van der Waals surface area contributed by atoms with Crippen LogP contribution in [0.1, 0.15) is 68.1 Å². The van der Waals surface area contributed by atoms with Crippen LogP contribution >= 0.6 is 0 Å². The van der Waals surface area contributed by atoms with Crippen molar-refractivity contribution in [2.45, 2.75) is 90.3 Å². The first-order valence-electron chi connectivity index (χ1n) is 17.3. The number of hydrogen-bond acceptors (Lipinski definition) is 8. The van der Waals surface area contributed by atoms with Gasteiger partial charge in [0, 0.05) is 29.7 Å². The van der Waals surface area contributed by atoms with Gasteiger partial charge in [0.15, 0.2) is 0 Å². The van der Waals surface area contributed by atoms with Crippen LogP contribution in [0.15, 0.2) is 103 Å². The Morgan fingerprint density at radius 1 is 0.706 bits per heavy atom. The lowest BCUT2D eigenvalue weighted by Crippen LogP contribution is -2.56. The Morgan fingerprint density at radius 2 is 1.33 bits per heavy atom. The molecular weight excluding hydrogens is 646 g/mol. The number of rotatable bonds is 17. The molecule has 4 N–H and O–H groups in total. The van der Waals surface area contributed by atoms with Crippen LogP contribution in [-0.4, -0.2) is 57.4 Å². The van der Waals surface area contributed by atoms with E-state index in [-0.39, 0.29) is 31.5 Å². The Morgan fingerprint density at radius 3 is 1.96 bits per heavy atom. The first-order valence-corrected chi connectivity index (χ1v) is 17.3. The van der Waals surface area contributed by atoms with Gasteiger partial charge < -0.3 is 30.5 Å². The monoisotopic (exact) mass is 695 g/mol. The molecule has 0 fully saturated rings. The van der Waals surface area contributed by atoms with Gasteiger partial charge in [-0.1, -0.05) is 100 Å². The molecule has 0 radical (unpaired) electrons. The van der Waals surface area contributed by atoms with E-state index < -0.39 is 42.3 Å². The molecule has 0 bridgehead atoms. The van der Waals surface area contributed by atoms with Crippen LogP contribution in [0.4, 0.5) is 9.59 Å². The molecule has 0 unspecified atom stereocenters. The maximum atomic E-state index is 13.8. The number of amides is 3. The van der Waals surface area contributed by atoms with Crippen LogP contribution in [0.2, 0.25) is 0 Å². The summed E-state index contributed by atoms with van der Waals surface area (Å²) in [5.41, 5.74) is 4.09. The van der Waals surface area contributed by atoms with Crippen molar-refractivity contribution >= 4 is 18.1 Å². The predicted octanol–water partition coefficient (Wildman–Crippen LogP) is 5.87. The van der Waals surface area contributed by atoms with Gasteiger partial charge in [0.25, 0.3) is 0 Å². The smallest absolute Gasteiger partial charge is 0.408 e. The molecule has 2 heterocycles. The number of aromatic nitrogens is 2. The minimum absolute atomic E-state index is 0.0415. The number of aliphatic hydroxyl groups is 1. The summed E-state index contributed by atoms with van der Waals surface area (Å²) in [5.74, 6) is -0.538. The van der Waals surface area contributed by atoms with Gasteiger partial charge >= 0.3 is 12.2 Å². The highest BCUT2D eigenvalue weighted by molar-refractivity contribution is 5.86. The molecule has 11 heteroatoms. The minimum Gasteiger partial charge on any atom is -0.445 e. The molecule has 2 aromatic carbocycles. The highest BCUT2D eigenvalue weighted by atomic mass is 16.6. The molecule has 0 aliphatic heterocycles. The van der Waals surface area contributed by atoms with Gasteiger partial charge in [-0.15, -0.1) is 0 Å². The number of benzene rings is 2. The van der Waals surface area contributed by atoms with Crippen LogP contribution in [0.3, 0.4) is 0 Å².